The zero-order valence-corrected chi connectivity index (χ0v) is 11.4. The van der Waals surface area contributed by atoms with Crippen LogP contribution in [0.3, 0.4) is 0 Å². The summed E-state index contributed by atoms with van der Waals surface area (Å²) >= 11 is 0. The van der Waals surface area contributed by atoms with Crippen molar-refractivity contribution < 1.29 is 14.0 Å². The van der Waals surface area contributed by atoms with Crippen molar-refractivity contribution in [1.29, 1.82) is 0 Å². The molecule has 0 aliphatic heterocycles. The average Bonchev–Trinajstić information content (AvgIpc) is 2.45. The Labute approximate surface area is 121 Å². The lowest BCUT2D eigenvalue weighted by Crippen LogP contribution is -2.17. The van der Waals surface area contributed by atoms with Crippen LogP contribution in [0.2, 0.25) is 0 Å². The monoisotopic (exact) mass is 291 g/mol. The average molecular weight is 291 g/mol. The maximum Gasteiger partial charge on any atom is 0.170 e. The highest BCUT2D eigenvalue weighted by molar-refractivity contribution is 5.97. The molecular formula is C15H15F2N3O. The Kier molecular flexibility index (Phi) is 4.37. The summed E-state index contributed by atoms with van der Waals surface area (Å²) < 4.78 is 26.3. The number of hydrogen-bond donors (Lipinski definition) is 2. The predicted octanol–water partition coefficient (Wildman–Crippen LogP) is 2.70. The minimum Gasteiger partial charge on any atom is -0.409 e. The van der Waals surface area contributed by atoms with Crippen LogP contribution >= 0.6 is 0 Å². The molecule has 0 aliphatic rings. The summed E-state index contributed by atoms with van der Waals surface area (Å²) in [5.74, 6) is -1.17. The van der Waals surface area contributed by atoms with Gasteiger partial charge in [0.25, 0.3) is 0 Å². The highest BCUT2D eigenvalue weighted by Gasteiger charge is 2.06. The Hall–Kier alpha value is -2.63. The topological polar surface area (TPSA) is 61.8 Å². The number of benzene rings is 2. The summed E-state index contributed by atoms with van der Waals surface area (Å²) in [5, 5.41) is 11.5. The lowest BCUT2D eigenvalue weighted by atomic mass is 10.1. The van der Waals surface area contributed by atoms with Gasteiger partial charge in [-0.2, -0.15) is 0 Å². The molecule has 110 valence electrons. The minimum atomic E-state index is -0.597. The van der Waals surface area contributed by atoms with E-state index in [0.717, 1.165) is 11.8 Å². The number of oxime groups is 1. The Morgan fingerprint density at radius 3 is 2.24 bits per heavy atom. The molecule has 0 aromatic heterocycles. The van der Waals surface area contributed by atoms with Gasteiger partial charge in [-0.3, -0.25) is 0 Å². The summed E-state index contributed by atoms with van der Waals surface area (Å²) in [6.45, 7) is 0.359. The minimum absolute atomic E-state index is 0.0244. The van der Waals surface area contributed by atoms with Gasteiger partial charge in [0.1, 0.15) is 11.6 Å². The van der Waals surface area contributed by atoms with Crippen molar-refractivity contribution in [2.24, 2.45) is 10.9 Å². The third kappa shape index (κ3) is 3.68. The normalized spacial score (nSPS) is 11.5. The smallest absolute Gasteiger partial charge is 0.170 e. The fourth-order valence-corrected chi connectivity index (χ4v) is 2.01. The van der Waals surface area contributed by atoms with Crippen LogP contribution in [-0.4, -0.2) is 18.1 Å². The molecule has 0 amide bonds. The number of halogens is 2. The number of hydrogen-bond acceptors (Lipinski definition) is 3. The van der Waals surface area contributed by atoms with Gasteiger partial charge in [0.2, 0.25) is 0 Å². The molecule has 0 fully saturated rings. The van der Waals surface area contributed by atoms with Gasteiger partial charge >= 0.3 is 0 Å². The molecule has 0 atom stereocenters. The van der Waals surface area contributed by atoms with Gasteiger partial charge in [0.05, 0.1) is 0 Å². The molecule has 2 aromatic carbocycles. The van der Waals surface area contributed by atoms with Crippen LogP contribution in [0.5, 0.6) is 0 Å². The van der Waals surface area contributed by atoms with Crippen LogP contribution in [0.15, 0.2) is 47.6 Å². The van der Waals surface area contributed by atoms with Crippen molar-refractivity contribution in [2.75, 3.05) is 11.9 Å². The Morgan fingerprint density at radius 2 is 1.71 bits per heavy atom. The summed E-state index contributed by atoms with van der Waals surface area (Å²) in [5.41, 5.74) is 7.45. The molecule has 0 saturated heterocycles. The molecule has 0 radical (unpaired) electrons. The van der Waals surface area contributed by atoms with E-state index in [4.69, 9.17) is 10.9 Å². The number of rotatable bonds is 4. The van der Waals surface area contributed by atoms with Crippen molar-refractivity contribution in [3.05, 3.63) is 65.2 Å². The molecule has 3 N–H and O–H groups in total. The van der Waals surface area contributed by atoms with E-state index in [1.807, 2.05) is 4.90 Å². The first-order chi connectivity index (χ1) is 9.99. The number of amidine groups is 1. The molecule has 6 heteroatoms. The standard InChI is InChI=1S/C15H15F2N3O/c1-20(9-10-6-12(16)8-13(17)7-10)14-4-2-11(3-5-14)15(18)19-21/h2-8,21H,9H2,1H3,(H2,18,19). The SMILES string of the molecule is CN(Cc1cc(F)cc(F)c1)c1ccc(/C(N)=N/O)cc1. The summed E-state index contributed by atoms with van der Waals surface area (Å²) in [4.78, 5) is 1.84. The van der Waals surface area contributed by atoms with E-state index in [1.165, 1.54) is 12.1 Å². The molecule has 0 saturated carbocycles. The fraction of sp³-hybridized carbons (Fsp3) is 0.133. The van der Waals surface area contributed by atoms with E-state index in [9.17, 15) is 8.78 Å². The predicted molar refractivity (Wildman–Crippen MR) is 77.4 cm³/mol. The van der Waals surface area contributed by atoms with Gasteiger partial charge in [0.15, 0.2) is 5.84 Å². The molecule has 0 spiro atoms. The van der Waals surface area contributed by atoms with E-state index in [2.05, 4.69) is 5.16 Å². The third-order valence-corrected chi connectivity index (χ3v) is 3.05. The van der Waals surface area contributed by atoms with Crippen LogP contribution in [0.4, 0.5) is 14.5 Å². The quantitative estimate of drug-likeness (QED) is 0.394. The molecule has 2 aromatic rings. The Bertz CT molecular complexity index is 636. The largest absolute Gasteiger partial charge is 0.409 e. The van der Waals surface area contributed by atoms with Gasteiger partial charge < -0.3 is 15.8 Å². The lowest BCUT2D eigenvalue weighted by Gasteiger charge is -2.19. The third-order valence-electron chi connectivity index (χ3n) is 3.05. The summed E-state index contributed by atoms with van der Waals surface area (Å²) in [6.07, 6.45) is 0. The number of anilines is 1. The molecule has 0 aliphatic carbocycles. The summed E-state index contributed by atoms with van der Waals surface area (Å²) in [6, 6.07) is 10.4. The first-order valence-electron chi connectivity index (χ1n) is 6.23. The second-order valence-corrected chi connectivity index (χ2v) is 4.67. The highest BCUT2D eigenvalue weighted by atomic mass is 19.1. The number of nitrogens with zero attached hydrogens (tertiary/aromatic N) is 2. The van der Waals surface area contributed by atoms with Crippen LogP contribution in [0, 0.1) is 11.6 Å². The maximum absolute atomic E-state index is 13.2. The molecule has 2 rings (SSSR count). The molecule has 4 nitrogen and oxygen atoms in total. The van der Waals surface area contributed by atoms with E-state index in [-0.39, 0.29) is 5.84 Å². The van der Waals surface area contributed by atoms with E-state index >= 15 is 0 Å². The van der Waals surface area contributed by atoms with Crippen LogP contribution in [0.25, 0.3) is 0 Å². The zero-order chi connectivity index (χ0) is 15.4. The summed E-state index contributed by atoms with van der Waals surface area (Å²) in [7, 11) is 1.81. The second kappa shape index (κ2) is 6.21. The van der Waals surface area contributed by atoms with Crippen molar-refractivity contribution >= 4 is 11.5 Å². The molecular weight excluding hydrogens is 276 g/mol. The molecule has 21 heavy (non-hydrogen) atoms. The molecule has 0 unspecified atom stereocenters. The second-order valence-electron chi connectivity index (χ2n) is 4.67. The highest BCUT2D eigenvalue weighted by Crippen LogP contribution is 2.17. The van der Waals surface area contributed by atoms with Crippen molar-refractivity contribution in [3.8, 4) is 0 Å². The zero-order valence-electron chi connectivity index (χ0n) is 11.4. The Morgan fingerprint density at radius 1 is 1.14 bits per heavy atom. The van der Waals surface area contributed by atoms with Crippen molar-refractivity contribution in [3.63, 3.8) is 0 Å². The molecule has 0 heterocycles. The maximum atomic E-state index is 13.2. The van der Waals surface area contributed by atoms with Crippen LogP contribution in [-0.2, 0) is 6.54 Å². The van der Waals surface area contributed by atoms with Crippen LogP contribution < -0.4 is 10.6 Å². The first-order valence-corrected chi connectivity index (χ1v) is 6.23. The molecule has 0 bridgehead atoms. The fourth-order valence-electron chi connectivity index (χ4n) is 2.01. The van der Waals surface area contributed by atoms with E-state index < -0.39 is 11.6 Å². The van der Waals surface area contributed by atoms with Gasteiger partial charge in [-0.15, -0.1) is 0 Å². The van der Waals surface area contributed by atoms with Gasteiger partial charge in [-0.1, -0.05) is 5.16 Å². The lowest BCUT2D eigenvalue weighted by molar-refractivity contribution is 0.318. The van der Waals surface area contributed by atoms with Gasteiger partial charge in [-0.05, 0) is 42.0 Å². The van der Waals surface area contributed by atoms with Gasteiger partial charge in [-0.25, -0.2) is 8.78 Å². The van der Waals surface area contributed by atoms with Crippen molar-refractivity contribution in [2.45, 2.75) is 6.54 Å². The van der Waals surface area contributed by atoms with Gasteiger partial charge in [0, 0.05) is 30.9 Å². The van der Waals surface area contributed by atoms with E-state index in [1.54, 1.807) is 31.3 Å². The van der Waals surface area contributed by atoms with Crippen molar-refractivity contribution in [1.82, 2.24) is 0 Å². The van der Waals surface area contributed by atoms with Crippen LogP contribution in [0.1, 0.15) is 11.1 Å². The Balaban J connectivity index is 2.14. The first kappa shape index (κ1) is 14.8. The van der Waals surface area contributed by atoms with E-state index in [0.29, 0.717) is 17.7 Å². The number of nitrogens with two attached hydrogens (primary N) is 1.